The molecular formula is C22H28F6N2O7. The molecule has 9 nitrogen and oxygen atoms in total. The van der Waals surface area contributed by atoms with Crippen LogP contribution in [-0.2, 0) is 30.4 Å². The van der Waals surface area contributed by atoms with Crippen molar-refractivity contribution < 1.29 is 60.4 Å². The fraction of sp³-hybridized carbons (Fsp3) is 0.682. The van der Waals surface area contributed by atoms with Crippen molar-refractivity contribution in [2.45, 2.75) is 68.9 Å². The van der Waals surface area contributed by atoms with Crippen LogP contribution in [0.5, 0.6) is 0 Å². The lowest BCUT2D eigenvalue weighted by molar-refractivity contribution is -0.193. The number of ether oxygens (including phenoxy) is 3. The van der Waals surface area contributed by atoms with Crippen molar-refractivity contribution >= 4 is 11.9 Å². The van der Waals surface area contributed by atoms with Gasteiger partial charge in [-0.2, -0.15) is 26.3 Å². The summed E-state index contributed by atoms with van der Waals surface area (Å²) in [6.07, 6.45) is -3.36. The summed E-state index contributed by atoms with van der Waals surface area (Å²) in [5.74, 6) is -5.51. The number of aliphatic carboxylic acids is 2. The predicted molar refractivity (Wildman–Crippen MR) is 114 cm³/mol. The molecule has 1 saturated carbocycles. The van der Waals surface area contributed by atoms with Crippen molar-refractivity contribution in [3.05, 3.63) is 30.1 Å². The highest BCUT2D eigenvalue weighted by Crippen LogP contribution is 2.35. The summed E-state index contributed by atoms with van der Waals surface area (Å²) in [6.45, 7) is 4.26. The van der Waals surface area contributed by atoms with E-state index in [1.54, 1.807) is 0 Å². The van der Waals surface area contributed by atoms with Crippen LogP contribution in [-0.4, -0.2) is 95.0 Å². The molecule has 2 N–H and O–H groups in total. The van der Waals surface area contributed by atoms with Crippen LogP contribution >= 0.6 is 0 Å². The van der Waals surface area contributed by atoms with Crippen LogP contribution in [0.25, 0.3) is 0 Å². The Balaban J connectivity index is 0.000000286. The van der Waals surface area contributed by atoms with Gasteiger partial charge < -0.3 is 24.4 Å². The monoisotopic (exact) mass is 546 g/mol. The van der Waals surface area contributed by atoms with Crippen LogP contribution in [0.15, 0.2) is 24.4 Å². The van der Waals surface area contributed by atoms with Crippen LogP contribution in [0, 0.1) is 0 Å². The van der Waals surface area contributed by atoms with Gasteiger partial charge in [0.15, 0.2) is 0 Å². The first kappa shape index (κ1) is 30.7. The van der Waals surface area contributed by atoms with Crippen LogP contribution in [0.1, 0.15) is 31.4 Å². The Bertz CT molecular complexity index is 826. The van der Waals surface area contributed by atoms with E-state index < -0.39 is 24.3 Å². The largest absolute Gasteiger partial charge is 0.490 e. The molecule has 3 atom stereocenters. The summed E-state index contributed by atoms with van der Waals surface area (Å²) in [5, 5.41) is 14.2. The van der Waals surface area contributed by atoms with E-state index in [0.29, 0.717) is 18.7 Å². The van der Waals surface area contributed by atoms with E-state index in [1.807, 2.05) is 24.4 Å². The second kappa shape index (κ2) is 13.9. The minimum Gasteiger partial charge on any atom is -0.475 e. The maximum absolute atomic E-state index is 10.6. The maximum atomic E-state index is 10.6. The Labute approximate surface area is 208 Å². The minimum absolute atomic E-state index is 0.199. The average Bonchev–Trinajstić information content (AvgIpc) is 3.27. The second-order valence-corrected chi connectivity index (χ2v) is 8.34. The fourth-order valence-corrected chi connectivity index (χ4v) is 4.27. The Kier molecular flexibility index (Phi) is 11.5. The molecule has 1 aromatic rings. The van der Waals surface area contributed by atoms with Gasteiger partial charge in [-0.3, -0.25) is 9.88 Å². The normalized spacial score (nSPS) is 24.6. The molecule has 15 heteroatoms. The molecule has 0 amide bonds. The first-order valence-electron chi connectivity index (χ1n) is 11.4. The summed E-state index contributed by atoms with van der Waals surface area (Å²) >= 11 is 0. The first-order valence-corrected chi connectivity index (χ1v) is 11.4. The van der Waals surface area contributed by atoms with Gasteiger partial charge in [0, 0.05) is 38.0 Å². The third-order valence-corrected chi connectivity index (χ3v) is 5.89. The molecule has 3 heterocycles. The van der Waals surface area contributed by atoms with E-state index in [0.717, 1.165) is 51.3 Å². The van der Waals surface area contributed by atoms with Gasteiger partial charge in [-0.05, 0) is 37.8 Å². The fourth-order valence-electron chi connectivity index (χ4n) is 4.27. The van der Waals surface area contributed by atoms with E-state index in [9.17, 15) is 26.3 Å². The molecule has 1 aliphatic carbocycles. The Morgan fingerprint density at radius 3 is 2.08 bits per heavy atom. The topological polar surface area (TPSA) is 118 Å². The zero-order chi connectivity index (χ0) is 27.6. The number of hydrogen-bond donors (Lipinski definition) is 2. The van der Waals surface area contributed by atoms with E-state index in [-0.39, 0.29) is 12.2 Å². The summed E-state index contributed by atoms with van der Waals surface area (Å²) in [6, 6.07) is 7.14. The molecule has 2 aliphatic heterocycles. The molecule has 0 spiro atoms. The number of pyridine rings is 1. The highest BCUT2D eigenvalue weighted by molar-refractivity contribution is 5.73. The van der Waals surface area contributed by atoms with Crippen molar-refractivity contribution in [1.82, 2.24) is 9.88 Å². The summed E-state index contributed by atoms with van der Waals surface area (Å²) < 4.78 is 81.3. The number of halogens is 6. The van der Waals surface area contributed by atoms with Crippen molar-refractivity contribution in [2.75, 3.05) is 26.4 Å². The molecule has 210 valence electrons. The number of carboxylic acids is 2. The second-order valence-electron chi connectivity index (χ2n) is 8.34. The van der Waals surface area contributed by atoms with Gasteiger partial charge in [0.25, 0.3) is 0 Å². The lowest BCUT2D eigenvalue weighted by Gasteiger charge is -2.44. The van der Waals surface area contributed by atoms with Gasteiger partial charge in [0.05, 0.1) is 31.1 Å². The zero-order valence-electron chi connectivity index (χ0n) is 19.6. The molecule has 37 heavy (non-hydrogen) atoms. The van der Waals surface area contributed by atoms with E-state index in [2.05, 4.69) is 9.88 Å². The van der Waals surface area contributed by atoms with Gasteiger partial charge in [0.1, 0.15) is 0 Å². The number of alkyl halides is 6. The van der Waals surface area contributed by atoms with E-state index in [1.165, 1.54) is 6.42 Å². The number of nitrogens with zero attached hydrogens (tertiary/aromatic N) is 2. The van der Waals surface area contributed by atoms with E-state index >= 15 is 0 Å². The lowest BCUT2D eigenvalue weighted by Crippen LogP contribution is -2.56. The van der Waals surface area contributed by atoms with Crippen LogP contribution in [0.4, 0.5) is 26.3 Å². The highest BCUT2D eigenvalue weighted by Gasteiger charge is 2.45. The number of rotatable bonds is 4. The molecule has 0 radical (unpaired) electrons. The number of carboxylic acid groups (broad SMARTS) is 2. The molecule has 1 aromatic heterocycles. The van der Waals surface area contributed by atoms with Gasteiger partial charge in [-0.1, -0.05) is 6.07 Å². The SMILES string of the molecule is O=C(O)C(F)(F)F.O=C(O)C(F)(F)F.c1ccc(CO[C@@H]2CC[C@H]3[C@H]2OCCN3C2CCOCC2)nc1. The lowest BCUT2D eigenvalue weighted by atomic mass is 10.0. The molecule has 0 bridgehead atoms. The smallest absolute Gasteiger partial charge is 0.475 e. The van der Waals surface area contributed by atoms with Gasteiger partial charge in [-0.15, -0.1) is 0 Å². The van der Waals surface area contributed by atoms with Crippen LogP contribution < -0.4 is 0 Å². The van der Waals surface area contributed by atoms with Gasteiger partial charge in [0.2, 0.25) is 0 Å². The van der Waals surface area contributed by atoms with E-state index in [4.69, 9.17) is 34.0 Å². The highest BCUT2D eigenvalue weighted by atomic mass is 19.4. The molecule has 2 saturated heterocycles. The number of aromatic nitrogens is 1. The first-order chi connectivity index (χ1) is 17.3. The predicted octanol–water partition coefficient (Wildman–Crippen LogP) is 3.28. The molecular weight excluding hydrogens is 518 g/mol. The van der Waals surface area contributed by atoms with Crippen LogP contribution in [0.2, 0.25) is 0 Å². The Morgan fingerprint density at radius 1 is 0.973 bits per heavy atom. The minimum atomic E-state index is -5.08. The zero-order valence-corrected chi connectivity index (χ0v) is 19.6. The number of fused-ring (bicyclic) bond motifs is 1. The molecule has 3 fully saturated rings. The Morgan fingerprint density at radius 2 is 1.57 bits per heavy atom. The summed E-state index contributed by atoms with van der Waals surface area (Å²) in [5.41, 5.74) is 0.994. The van der Waals surface area contributed by atoms with Crippen molar-refractivity contribution in [2.24, 2.45) is 0 Å². The van der Waals surface area contributed by atoms with Crippen molar-refractivity contribution in [1.29, 1.82) is 0 Å². The molecule has 4 rings (SSSR count). The summed E-state index contributed by atoms with van der Waals surface area (Å²) in [4.78, 5) is 24.8. The van der Waals surface area contributed by atoms with Gasteiger partial charge in [-0.25, -0.2) is 9.59 Å². The molecule has 3 aliphatic rings. The number of hydrogen-bond acceptors (Lipinski definition) is 7. The number of morpholine rings is 1. The molecule has 0 aromatic carbocycles. The van der Waals surface area contributed by atoms with Crippen molar-refractivity contribution in [3.63, 3.8) is 0 Å². The third-order valence-electron chi connectivity index (χ3n) is 5.89. The van der Waals surface area contributed by atoms with Crippen LogP contribution in [0.3, 0.4) is 0 Å². The third kappa shape index (κ3) is 10.1. The van der Waals surface area contributed by atoms with Crippen molar-refractivity contribution in [3.8, 4) is 0 Å². The quantitative estimate of drug-likeness (QED) is 0.549. The number of carbonyl (C=O) groups is 2. The standard InChI is InChI=1S/C18H26N2O3.2C2HF3O2/c1-2-8-19-14(3-1)13-23-17-5-4-16-18(17)22-12-9-20(16)15-6-10-21-11-7-15;2*3-2(4,5)1(6)7/h1-3,8,15-18H,4-7,9-13H2;2*(H,6,7)/t16-,17+,18+;;/m0../s1. The Hall–Kier alpha value is -2.49. The van der Waals surface area contributed by atoms with Gasteiger partial charge >= 0.3 is 24.3 Å². The maximum Gasteiger partial charge on any atom is 0.490 e. The molecule has 0 unspecified atom stereocenters. The summed E-state index contributed by atoms with van der Waals surface area (Å²) in [7, 11) is 0. The average molecular weight is 546 g/mol.